The van der Waals surface area contributed by atoms with Gasteiger partial charge in [0.1, 0.15) is 5.41 Å². The molecule has 1 aliphatic rings. The molecule has 0 aromatic heterocycles. The molecule has 1 saturated heterocycles. The van der Waals surface area contributed by atoms with E-state index < -0.39 is 5.41 Å². The summed E-state index contributed by atoms with van der Waals surface area (Å²) < 4.78 is 0. The second-order valence-corrected chi connectivity index (χ2v) is 7.65. The van der Waals surface area contributed by atoms with Crippen LogP contribution >= 0.6 is 0 Å². The lowest BCUT2D eigenvalue weighted by Crippen LogP contribution is -2.55. The minimum atomic E-state index is -1.03. The zero-order valence-corrected chi connectivity index (χ0v) is 16.5. The lowest BCUT2D eigenvalue weighted by Gasteiger charge is -2.39. The predicted octanol–water partition coefficient (Wildman–Crippen LogP) is 1.43. The summed E-state index contributed by atoms with van der Waals surface area (Å²) in [5.41, 5.74) is 0.144. The molecule has 1 heterocycles. The molecule has 0 atom stereocenters. The largest absolute Gasteiger partial charge is 0.368 e. The van der Waals surface area contributed by atoms with Crippen LogP contribution in [0.5, 0.6) is 0 Å². The third kappa shape index (κ3) is 5.21. The number of amides is 2. The van der Waals surface area contributed by atoms with E-state index >= 15 is 0 Å². The Morgan fingerprint density at radius 3 is 2.27 bits per heavy atom. The van der Waals surface area contributed by atoms with Crippen LogP contribution in [0.2, 0.25) is 0 Å². The van der Waals surface area contributed by atoms with Crippen molar-refractivity contribution in [1.29, 1.82) is 0 Å². The third-order valence-electron chi connectivity index (χ3n) is 4.86. The maximum atomic E-state index is 12.9. The van der Waals surface area contributed by atoms with Crippen LogP contribution in [0.25, 0.3) is 0 Å². The summed E-state index contributed by atoms with van der Waals surface area (Å²) >= 11 is 0. The molecule has 0 unspecified atom stereocenters. The molecule has 2 amide bonds. The van der Waals surface area contributed by atoms with Gasteiger partial charge in [-0.2, -0.15) is 0 Å². The number of hydrogen-bond acceptors (Lipinski definition) is 4. The van der Waals surface area contributed by atoms with Crippen molar-refractivity contribution in [3.05, 3.63) is 30.3 Å². The van der Waals surface area contributed by atoms with Gasteiger partial charge in [-0.3, -0.25) is 9.59 Å². The molecule has 26 heavy (non-hydrogen) atoms. The van der Waals surface area contributed by atoms with Crippen molar-refractivity contribution in [3.63, 3.8) is 0 Å². The Bertz CT molecular complexity index is 593. The third-order valence-corrected chi connectivity index (χ3v) is 4.86. The van der Waals surface area contributed by atoms with Gasteiger partial charge < -0.3 is 20.0 Å². The van der Waals surface area contributed by atoms with Gasteiger partial charge in [-0.15, -0.1) is 0 Å². The van der Waals surface area contributed by atoms with E-state index in [0.717, 1.165) is 26.1 Å². The van der Waals surface area contributed by atoms with Gasteiger partial charge in [-0.25, -0.2) is 0 Å². The first-order valence-electron chi connectivity index (χ1n) is 9.35. The molecule has 0 aliphatic carbocycles. The molecule has 0 radical (unpaired) electrons. The highest BCUT2D eigenvalue weighted by Crippen LogP contribution is 2.22. The standard InChI is InChI=1S/C20H32N4O2/c1-20(2,18(25)21-11-8-12-22(3)4)19(26)24-15-13-23(14-16-24)17-9-6-5-7-10-17/h5-7,9-10H,8,11-16H2,1-4H3,(H,21,25). The van der Waals surface area contributed by atoms with Crippen molar-refractivity contribution in [2.24, 2.45) is 5.41 Å². The van der Waals surface area contributed by atoms with Gasteiger partial charge in [0, 0.05) is 38.4 Å². The number of hydrogen-bond donors (Lipinski definition) is 1. The molecular formula is C20H32N4O2. The smallest absolute Gasteiger partial charge is 0.237 e. The van der Waals surface area contributed by atoms with E-state index in [1.807, 2.05) is 37.2 Å². The van der Waals surface area contributed by atoms with Crippen molar-refractivity contribution >= 4 is 17.5 Å². The molecule has 0 saturated carbocycles. The Hall–Kier alpha value is -2.08. The Labute approximate surface area is 157 Å². The van der Waals surface area contributed by atoms with Crippen LogP contribution in [0.15, 0.2) is 30.3 Å². The van der Waals surface area contributed by atoms with E-state index in [1.54, 1.807) is 13.8 Å². The summed E-state index contributed by atoms with van der Waals surface area (Å²) in [6.45, 7) is 7.81. The van der Waals surface area contributed by atoms with Crippen molar-refractivity contribution in [3.8, 4) is 0 Å². The first kappa shape index (κ1) is 20.2. The highest BCUT2D eigenvalue weighted by molar-refractivity contribution is 6.04. The summed E-state index contributed by atoms with van der Waals surface area (Å²) in [5, 5.41) is 2.91. The summed E-state index contributed by atoms with van der Waals surface area (Å²) in [6, 6.07) is 10.2. The normalized spacial score (nSPS) is 15.3. The molecule has 2 rings (SSSR count). The maximum Gasteiger partial charge on any atom is 0.237 e. The lowest BCUT2D eigenvalue weighted by molar-refractivity contribution is -0.148. The number of carbonyl (C=O) groups excluding carboxylic acids is 2. The number of benzene rings is 1. The highest BCUT2D eigenvalue weighted by Gasteiger charge is 2.39. The summed E-state index contributed by atoms with van der Waals surface area (Å²) in [6.07, 6.45) is 0.874. The summed E-state index contributed by atoms with van der Waals surface area (Å²) in [4.78, 5) is 31.6. The second-order valence-electron chi connectivity index (χ2n) is 7.65. The average molecular weight is 361 g/mol. The number of rotatable bonds is 7. The van der Waals surface area contributed by atoms with E-state index in [-0.39, 0.29) is 11.8 Å². The van der Waals surface area contributed by atoms with Crippen LogP contribution in [0.3, 0.4) is 0 Å². The second kappa shape index (κ2) is 9.03. The number of para-hydroxylation sites is 1. The molecule has 0 spiro atoms. The number of nitrogens with zero attached hydrogens (tertiary/aromatic N) is 3. The molecule has 1 fully saturated rings. The Morgan fingerprint density at radius 2 is 1.69 bits per heavy atom. The van der Waals surface area contributed by atoms with Crippen LogP contribution in [-0.2, 0) is 9.59 Å². The van der Waals surface area contributed by atoms with E-state index in [9.17, 15) is 9.59 Å². The van der Waals surface area contributed by atoms with E-state index in [0.29, 0.717) is 19.6 Å². The van der Waals surface area contributed by atoms with Gasteiger partial charge in [0.25, 0.3) is 0 Å². The Balaban J connectivity index is 1.84. The predicted molar refractivity (Wildman–Crippen MR) is 105 cm³/mol. The van der Waals surface area contributed by atoms with Gasteiger partial charge in [0.15, 0.2) is 0 Å². The van der Waals surface area contributed by atoms with E-state index in [1.165, 1.54) is 5.69 Å². The number of anilines is 1. The molecule has 1 aliphatic heterocycles. The fourth-order valence-corrected chi connectivity index (χ4v) is 3.12. The SMILES string of the molecule is CN(C)CCCNC(=O)C(C)(C)C(=O)N1CCN(c2ccccc2)CC1. The van der Waals surface area contributed by atoms with Gasteiger partial charge in [-0.1, -0.05) is 18.2 Å². The van der Waals surface area contributed by atoms with Crippen LogP contribution in [-0.4, -0.2) is 75.0 Å². The monoisotopic (exact) mass is 360 g/mol. The summed E-state index contributed by atoms with van der Waals surface area (Å²) in [5.74, 6) is -0.276. The molecule has 1 aromatic rings. The minimum absolute atomic E-state index is 0.0877. The molecule has 1 aromatic carbocycles. The fraction of sp³-hybridized carbons (Fsp3) is 0.600. The molecular weight excluding hydrogens is 328 g/mol. The van der Waals surface area contributed by atoms with Crippen LogP contribution in [0.4, 0.5) is 5.69 Å². The quantitative estimate of drug-likeness (QED) is 0.590. The number of piperazine rings is 1. The zero-order chi connectivity index (χ0) is 19.2. The topological polar surface area (TPSA) is 55.9 Å². The molecule has 6 nitrogen and oxygen atoms in total. The Morgan fingerprint density at radius 1 is 1.08 bits per heavy atom. The highest BCUT2D eigenvalue weighted by atomic mass is 16.2. The minimum Gasteiger partial charge on any atom is -0.368 e. The Kier molecular flexibility index (Phi) is 7.03. The average Bonchev–Trinajstić information content (AvgIpc) is 2.65. The molecule has 6 heteroatoms. The van der Waals surface area contributed by atoms with Crippen LogP contribution in [0.1, 0.15) is 20.3 Å². The van der Waals surface area contributed by atoms with Crippen molar-refractivity contribution in [1.82, 2.24) is 15.1 Å². The first-order valence-corrected chi connectivity index (χ1v) is 9.35. The molecule has 144 valence electrons. The lowest BCUT2D eigenvalue weighted by atomic mass is 9.90. The zero-order valence-electron chi connectivity index (χ0n) is 16.5. The first-order chi connectivity index (χ1) is 12.3. The maximum absolute atomic E-state index is 12.9. The molecule has 0 bridgehead atoms. The van der Waals surface area contributed by atoms with Gasteiger partial charge in [0.05, 0.1) is 0 Å². The van der Waals surface area contributed by atoms with E-state index in [2.05, 4.69) is 27.2 Å². The van der Waals surface area contributed by atoms with Gasteiger partial charge in [0.2, 0.25) is 11.8 Å². The van der Waals surface area contributed by atoms with Crippen LogP contribution in [0, 0.1) is 5.41 Å². The van der Waals surface area contributed by atoms with Gasteiger partial charge in [-0.05, 0) is 53.0 Å². The van der Waals surface area contributed by atoms with Crippen molar-refractivity contribution < 1.29 is 9.59 Å². The molecule has 1 N–H and O–H groups in total. The van der Waals surface area contributed by atoms with Gasteiger partial charge >= 0.3 is 0 Å². The van der Waals surface area contributed by atoms with E-state index in [4.69, 9.17) is 0 Å². The number of carbonyl (C=O) groups is 2. The van der Waals surface area contributed by atoms with Crippen molar-refractivity contribution in [2.75, 3.05) is 58.3 Å². The van der Waals surface area contributed by atoms with Crippen molar-refractivity contribution in [2.45, 2.75) is 20.3 Å². The van der Waals surface area contributed by atoms with Crippen LogP contribution < -0.4 is 10.2 Å². The number of nitrogens with one attached hydrogen (secondary N) is 1. The fourth-order valence-electron chi connectivity index (χ4n) is 3.12. The summed E-state index contributed by atoms with van der Waals surface area (Å²) in [7, 11) is 4.01.